The van der Waals surface area contributed by atoms with E-state index < -0.39 is 0 Å². The molecule has 2 aliphatic rings. The molecule has 1 spiro atoms. The molecule has 2 rings (SSSR count). The molecule has 1 fully saturated rings. The summed E-state index contributed by atoms with van der Waals surface area (Å²) >= 11 is 1.77. The van der Waals surface area contributed by atoms with E-state index in [2.05, 4.69) is 0 Å². The molecule has 0 bridgehead atoms. The number of rotatable bonds is 0. The van der Waals surface area contributed by atoms with Crippen LogP contribution < -0.4 is 0 Å². The predicted octanol–water partition coefficient (Wildman–Crippen LogP) is 1.60. The Morgan fingerprint density at radius 3 is 2.78 bits per heavy atom. The Labute approximate surface area is 58.5 Å². The minimum absolute atomic E-state index is 0.124. The van der Waals surface area contributed by atoms with Crippen molar-refractivity contribution < 1.29 is 4.79 Å². The first kappa shape index (κ1) is 5.54. The molecule has 0 amide bonds. The lowest BCUT2D eigenvalue weighted by atomic mass is 10.0. The molecule has 0 aromatic rings. The molecule has 0 unspecified atom stereocenters. The molecule has 9 heavy (non-hydrogen) atoms. The van der Waals surface area contributed by atoms with Crippen molar-refractivity contribution >= 4 is 17.5 Å². The molecule has 0 atom stereocenters. The minimum atomic E-state index is 0.124. The number of thioether (sulfide) groups is 1. The zero-order valence-corrected chi connectivity index (χ0v) is 5.91. The van der Waals surface area contributed by atoms with Crippen LogP contribution in [0.1, 0.15) is 12.8 Å². The standard InChI is InChI=1S/C7H8OS/c8-6-1-4-9-5-7(6)2-3-7/h1,4H,2-3,5H2. The van der Waals surface area contributed by atoms with Crippen molar-refractivity contribution in [2.24, 2.45) is 5.41 Å². The van der Waals surface area contributed by atoms with Crippen LogP contribution in [0.15, 0.2) is 11.5 Å². The Morgan fingerprint density at radius 1 is 1.56 bits per heavy atom. The molecule has 0 aromatic heterocycles. The highest BCUT2D eigenvalue weighted by molar-refractivity contribution is 8.02. The zero-order chi connectivity index (χ0) is 6.32. The van der Waals surface area contributed by atoms with Crippen LogP contribution in [0.2, 0.25) is 0 Å². The van der Waals surface area contributed by atoms with Crippen molar-refractivity contribution in [2.45, 2.75) is 12.8 Å². The topological polar surface area (TPSA) is 17.1 Å². The summed E-state index contributed by atoms with van der Waals surface area (Å²) in [6.07, 6.45) is 3.98. The highest BCUT2D eigenvalue weighted by Gasteiger charge is 2.48. The third-order valence-corrected chi connectivity index (χ3v) is 3.10. The van der Waals surface area contributed by atoms with Crippen molar-refractivity contribution in [1.29, 1.82) is 0 Å². The van der Waals surface area contributed by atoms with E-state index in [4.69, 9.17) is 0 Å². The van der Waals surface area contributed by atoms with Gasteiger partial charge in [0.15, 0.2) is 5.78 Å². The van der Waals surface area contributed by atoms with Gasteiger partial charge >= 0.3 is 0 Å². The van der Waals surface area contributed by atoms with Crippen molar-refractivity contribution in [3.63, 3.8) is 0 Å². The lowest BCUT2D eigenvalue weighted by Crippen LogP contribution is -2.17. The van der Waals surface area contributed by atoms with Crippen LogP contribution in [0.25, 0.3) is 0 Å². The summed E-state index contributed by atoms with van der Waals surface area (Å²) in [5, 5.41) is 1.91. The summed E-state index contributed by atoms with van der Waals surface area (Å²) in [6, 6.07) is 0. The quantitative estimate of drug-likeness (QED) is 0.508. The second-order valence-electron chi connectivity index (χ2n) is 2.76. The maximum absolute atomic E-state index is 11.1. The van der Waals surface area contributed by atoms with Crippen molar-refractivity contribution in [3.8, 4) is 0 Å². The largest absolute Gasteiger partial charge is 0.294 e. The van der Waals surface area contributed by atoms with Crippen LogP contribution in [0.4, 0.5) is 0 Å². The second-order valence-corrected chi connectivity index (χ2v) is 3.65. The van der Waals surface area contributed by atoms with Gasteiger partial charge < -0.3 is 0 Å². The fraction of sp³-hybridized carbons (Fsp3) is 0.571. The minimum Gasteiger partial charge on any atom is -0.294 e. The lowest BCUT2D eigenvalue weighted by molar-refractivity contribution is -0.118. The van der Waals surface area contributed by atoms with Gasteiger partial charge in [-0.3, -0.25) is 4.79 Å². The normalized spacial score (nSPS) is 29.1. The van der Waals surface area contributed by atoms with Gasteiger partial charge in [-0.05, 0) is 24.3 Å². The van der Waals surface area contributed by atoms with Gasteiger partial charge in [0, 0.05) is 11.2 Å². The van der Waals surface area contributed by atoms with Gasteiger partial charge in [0.1, 0.15) is 0 Å². The predicted molar refractivity (Wildman–Crippen MR) is 38.3 cm³/mol. The first-order valence-corrected chi connectivity index (χ1v) is 4.21. The van der Waals surface area contributed by atoms with E-state index in [1.54, 1.807) is 17.8 Å². The molecule has 0 saturated heterocycles. The molecular weight excluding hydrogens is 132 g/mol. The summed E-state index contributed by atoms with van der Waals surface area (Å²) in [7, 11) is 0. The van der Waals surface area contributed by atoms with E-state index in [1.807, 2.05) is 5.41 Å². The summed E-state index contributed by atoms with van der Waals surface area (Å²) < 4.78 is 0. The average molecular weight is 140 g/mol. The van der Waals surface area contributed by atoms with Crippen molar-refractivity contribution in [1.82, 2.24) is 0 Å². The maximum Gasteiger partial charge on any atom is 0.163 e. The van der Waals surface area contributed by atoms with E-state index in [0.29, 0.717) is 5.78 Å². The first-order chi connectivity index (χ1) is 4.33. The number of carbonyl (C=O) groups is 1. The van der Waals surface area contributed by atoms with E-state index in [0.717, 1.165) is 18.6 Å². The Balaban J connectivity index is 2.26. The Hall–Kier alpha value is -0.240. The van der Waals surface area contributed by atoms with Gasteiger partial charge in [-0.25, -0.2) is 0 Å². The molecule has 1 heterocycles. The highest BCUT2D eigenvalue weighted by Crippen LogP contribution is 2.51. The summed E-state index contributed by atoms with van der Waals surface area (Å²) in [5.41, 5.74) is 0.124. The van der Waals surface area contributed by atoms with Crippen LogP contribution in [-0.4, -0.2) is 11.5 Å². The zero-order valence-electron chi connectivity index (χ0n) is 5.09. The summed E-state index contributed by atoms with van der Waals surface area (Å²) in [5.74, 6) is 1.39. The van der Waals surface area contributed by atoms with Crippen LogP contribution in [0.3, 0.4) is 0 Å². The summed E-state index contributed by atoms with van der Waals surface area (Å²) in [6.45, 7) is 0. The van der Waals surface area contributed by atoms with Crippen LogP contribution in [0, 0.1) is 5.41 Å². The van der Waals surface area contributed by atoms with E-state index in [9.17, 15) is 4.79 Å². The first-order valence-electron chi connectivity index (χ1n) is 3.16. The molecule has 0 radical (unpaired) electrons. The van der Waals surface area contributed by atoms with E-state index in [-0.39, 0.29) is 5.41 Å². The monoisotopic (exact) mass is 140 g/mol. The van der Waals surface area contributed by atoms with Gasteiger partial charge in [-0.1, -0.05) is 0 Å². The highest BCUT2D eigenvalue weighted by atomic mass is 32.2. The van der Waals surface area contributed by atoms with Crippen LogP contribution in [0.5, 0.6) is 0 Å². The van der Waals surface area contributed by atoms with Gasteiger partial charge in [0.05, 0.1) is 0 Å². The Kier molecular flexibility index (Phi) is 1.00. The molecule has 1 nitrogen and oxygen atoms in total. The smallest absolute Gasteiger partial charge is 0.163 e. The lowest BCUT2D eigenvalue weighted by Gasteiger charge is -2.12. The number of carbonyl (C=O) groups excluding carboxylic acids is 1. The Morgan fingerprint density at radius 2 is 2.33 bits per heavy atom. The third-order valence-electron chi connectivity index (χ3n) is 2.05. The van der Waals surface area contributed by atoms with E-state index in [1.165, 1.54) is 0 Å². The SMILES string of the molecule is O=C1C=CSCC12CC2. The number of hydrogen-bond acceptors (Lipinski definition) is 2. The molecular formula is C7H8OS. The molecule has 0 aromatic carbocycles. The van der Waals surface area contributed by atoms with Gasteiger partial charge in [-0.15, -0.1) is 11.8 Å². The molecule has 48 valence electrons. The van der Waals surface area contributed by atoms with Crippen LogP contribution in [-0.2, 0) is 4.79 Å². The molecule has 1 aliphatic carbocycles. The van der Waals surface area contributed by atoms with Crippen molar-refractivity contribution in [2.75, 3.05) is 5.75 Å². The van der Waals surface area contributed by atoms with Crippen LogP contribution >= 0.6 is 11.8 Å². The number of ketones is 1. The molecule has 1 aliphatic heterocycles. The van der Waals surface area contributed by atoms with Gasteiger partial charge in [0.25, 0.3) is 0 Å². The van der Waals surface area contributed by atoms with Gasteiger partial charge in [-0.2, -0.15) is 0 Å². The maximum atomic E-state index is 11.1. The fourth-order valence-electron chi connectivity index (χ4n) is 1.11. The van der Waals surface area contributed by atoms with Gasteiger partial charge in [0.2, 0.25) is 0 Å². The number of hydrogen-bond donors (Lipinski definition) is 0. The molecule has 1 saturated carbocycles. The van der Waals surface area contributed by atoms with Crippen molar-refractivity contribution in [3.05, 3.63) is 11.5 Å². The third kappa shape index (κ3) is 0.732. The molecule has 2 heteroatoms. The number of allylic oxidation sites excluding steroid dienone is 1. The molecule has 0 N–H and O–H groups in total. The Bertz CT molecular complexity index is 179. The average Bonchev–Trinajstić information content (AvgIpc) is 2.60. The summed E-state index contributed by atoms with van der Waals surface area (Å²) in [4.78, 5) is 11.1. The van der Waals surface area contributed by atoms with E-state index >= 15 is 0 Å². The second kappa shape index (κ2) is 1.63. The fourth-order valence-corrected chi connectivity index (χ4v) is 2.17.